The van der Waals surface area contributed by atoms with Crippen molar-refractivity contribution in [1.29, 1.82) is 0 Å². The third kappa shape index (κ3) is 4.08. The molecule has 0 radical (unpaired) electrons. The highest BCUT2D eigenvalue weighted by molar-refractivity contribution is 5.80. The molecule has 6 nitrogen and oxygen atoms in total. The molecule has 0 aromatic carbocycles. The molecule has 0 spiro atoms. The van der Waals surface area contributed by atoms with Crippen molar-refractivity contribution < 1.29 is 4.79 Å². The molecule has 0 aliphatic heterocycles. The summed E-state index contributed by atoms with van der Waals surface area (Å²) in [5.74, 6) is 2.07. The molecule has 0 unspecified atom stereocenters. The fourth-order valence-electron chi connectivity index (χ4n) is 1.55. The van der Waals surface area contributed by atoms with Gasteiger partial charge in [-0.2, -0.15) is 0 Å². The molecule has 19 heavy (non-hydrogen) atoms. The first-order valence-corrected chi connectivity index (χ1v) is 6.44. The lowest BCUT2D eigenvalue weighted by Gasteiger charge is -2.24. The normalized spacial score (nSPS) is 10.6. The van der Waals surface area contributed by atoms with E-state index in [0.717, 1.165) is 0 Å². The van der Waals surface area contributed by atoms with Crippen LogP contribution >= 0.6 is 0 Å². The molecule has 2 N–H and O–H groups in total. The van der Waals surface area contributed by atoms with Crippen molar-refractivity contribution in [1.82, 2.24) is 14.9 Å². The molecule has 1 heterocycles. The van der Waals surface area contributed by atoms with E-state index >= 15 is 0 Å². The fraction of sp³-hybridized carbons (Fsp3) is 0.615. The van der Waals surface area contributed by atoms with E-state index in [1.54, 1.807) is 25.1 Å². The van der Waals surface area contributed by atoms with Crippen LogP contribution in [0.1, 0.15) is 32.5 Å². The number of hydrogen-bond donors (Lipinski definition) is 1. The van der Waals surface area contributed by atoms with Crippen molar-refractivity contribution in [3.8, 4) is 0 Å². The summed E-state index contributed by atoms with van der Waals surface area (Å²) in [7, 11) is 3.48. The van der Waals surface area contributed by atoms with E-state index in [0.29, 0.717) is 24.0 Å². The average Bonchev–Trinajstić information content (AvgIpc) is 2.34. The van der Waals surface area contributed by atoms with E-state index in [1.807, 2.05) is 25.7 Å². The Morgan fingerprint density at radius 3 is 2.47 bits per heavy atom. The number of hydrogen-bond acceptors (Lipinski definition) is 5. The molecule has 0 atom stereocenters. The van der Waals surface area contributed by atoms with Crippen LogP contribution in [0, 0.1) is 0 Å². The summed E-state index contributed by atoms with van der Waals surface area (Å²) in [5, 5.41) is 0. The average molecular weight is 265 g/mol. The number of rotatable bonds is 5. The number of likely N-dealkylation sites (N-methyl/N-ethyl adjacent to an activating group) is 2. The predicted molar refractivity (Wildman–Crippen MR) is 77.1 cm³/mol. The highest BCUT2D eigenvalue weighted by Gasteiger charge is 2.15. The third-order valence-corrected chi connectivity index (χ3v) is 2.80. The largest absolute Gasteiger partial charge is 0.384 e. The minimum absolute atomic E-state index is 0.0325. The van der Waals surface area contributed by atoms with Crippen LogP contribution in [-0.4, -0.2) is 48.0 Å². The summed E-state index contributed by atoms with van der Waals surface area (Å²) in [6.45, 7) is 6.99. The summed E-state index contributed by atoms with van der Waals surface area (Å²) in [6.07, 6.45) is 0. The number of nitrogen functional groups attached to an aromatic ring is 1. The number of nitrogens with zero attached hydrogens (tertiary/aromatic N) is 4. The van der Waals surface area contributed by atoms with Crippen molar-refractivity contribution in [2.45, 2.75) is 26.7 Å². The molecule has 1 aromatic heterocycles. The van der Waals surface area contributed by atoms with Crippen molar-refractivity contribution in [3.63, 3.8) is 0 Å². The maximum Gasteiger partial charge on any atom is 0.241 e. The van der Waals surface area contributed by atoms with Crippen molar-refractivity contribution in [2.75, 3.05) is 37.8 Å². The van der Waals surface area contributed by atoms with Crippen molar-refractivity contribution in [2.24, 2.45) is 0 Å². The Bertz CT molecular complexity index is 445. The van der Waals surface area contributed by atoms with Crippen LogP contribution in [0.2, 0.25) is 0 Å². The van der Waals surface area contributed by atoms with Gasteiger partial charge in [0, 0.05) is 32.6 Å². The van der Waals surface area contributed by atoms with Crippen LogP contribution < -0.4 is 10.6 Å². The zero-order valence-electron chi connectivity index (χ0n) is 12.3. The molecular formula is C13H23N5O. The lowest BCUT2D eigenvalue weighted by Crippen LogP contribution is -2.37. The van der Waals surface area contributed by atoms with Gasteiger partial charge in [-0.3, -0.25) is 4.79 Å². The molecule has 106 valence electrons. The molecular weight excluding hydrogens is 242 g/mol. The number of amides is 1. The molecule has 0 aliphatic rings. The third-order valence-electron chi connectivity index (χ3n) is 2.80. The predicted octanol–water partition coefficient (Wildman–Crippen LogP) is 1.10. The molecule has 0 bridgehead atoms. The second-order valence-corrected chi connectivity index (χ2v) is 4.97. The fourth-order valence-corrected chi connectivity index (χ4v) is 1.55. The minimum atomic E-state index is 0.0325. The molecule has 0 aliphatic carbocycles. The van der Waals surface area contributed by atoms with Crippen LogP contribution in [0.15, 0.2) is 6.07 Å². The summed E-state index contributed by atoms with van der Waals surface area (Å²) < 4.78 is 0. The molecule has 0 fully saturated rings. The molecule has 0 saturated heterocycles. The van der Waals surface area contributed by atoms with E-state index in [9.17, 15) is 4.79 Å². The van der Waals surface area contributed by atoms with Gasteiger partial charge in [-0.25, -0.2) is 9.97 Å². The molecule has 1 amide bonds. The van der Waals surface area contributed by atoms with Crippen LogP contribution in [-0.2, 0) is 4.79 Å². The van der Waals surface area contributed by atoms with Gasteiger partial charge in [-0.05, 0) is 6.92 Å². The smallest absolute Gasteiger partial charge is 0.241 e. The van der Waals surface area contributed by atoms with Gasteiger partial charge in [0.2, 0.25) is 5.91 Å². The van der Waals surface area contributed by atoms with Gasteiger partial charge in [-0.1, -0.05) is 13.8 Å². The summed E-state index contributed by atoms with van der Waals surface area (Å²) in [5.41, 5.74) is 5.81. The van der Waals surface area contributed by atoms with E-state index in [2.05, 4.69) is 9.97 Å². The highest BCUT2D eigenvalue weighted by atomic mass is 16.2. The Morgan fingerprint density at radius 1 is 1.37 bits per heavy atom. The second-order valence-electron chi connectivity index (χ2n) is 4.97. The van der Waals surface area contributed by atoms with Gasteiger partial charge < -0.3 is 15.5 Å². The van der Waals surface area contributed by atoms with Crippen LogP contribution in [0.5, 0.6) is 0 Å². The minimum Gasteiger partial charge on any atom is -0.384 e. The van der Waals surface area contributed by atoms with Crippen LogP contribution in [0.25, 0.3) is 0 Å². The Labute approximate surface area is 114 Å². The number of carbonyl (C=O) groups is 1. The SMILES string of the molecule is CCN(CC(=O)N(C)C)c1cc(N)nc(C(C)C)n1. The number of anilines is 2. The van der Waals surface area contributed by atoms with Crippen LogP contribution in [0.3, 0.4) is 0 Å². The highest BCUT2D eigenvalue weighted by Crippen LogP contribution is 2.18. The van der Waals surface area contributed by atoms with E-state index in [-0.39, 0.29) is 18.4 Å². The molecule has 0 saturated carbocycles. The summed E-state index contributed by atoms with van der Waals surface area (Å²) in [6, 6.07) is 1.71. The standard InChI is InChI=1S/C13H23N5O/c1-6-18(8-12(19)17(4)5)11-7-10(14)15-13(16-11)9(2)3/h7,9H,6,8H2,1-5H3,(H2,14,15,16). The van der Waals surface area contributed by atoms with E-state index in [4.69, 9.17) is 5.73 Å². The van der Waals surface area contributed by atoms with Crippen molar-refractivity contribution >= 4 is 17.5 Å². The zero-order valence-corrected chi connectivity index (χ0v) is 12.3. The number of carbonyl (C=O) groups excluding carboxylic acids is 1. The van der Waals surface area contributed by atoms with Gasteiger partial charge >= 0.3 is 0 Å². The maximum absolute atomic E-state index is 11.8. The van der Waals surface area contributed by atoms with Gasteiger partial charge in [-0.15, -0.1) is 0 Å². The first-order chi connectivity index (χ1) is 8.85. The van der Waals surface area contributed by atoms with Gasteiger partial charge in [0.1, 0.15) is 17.5 Å². The van der Waals surface area contributed by atoms with E-state index in [1.165, 1.54) is 0 Å². The Kier molecular flexibility index (Phi) is 5.09. The maximum atomic E-state index is 11.8. The first-order valence-electron chi connectivity index (χ1n) is 6.44. The van der Waals surface area contributed by atoms with Crippen LogP contribution in [0.4, 0.5) is 11.6 Å². The summed E-state index contributed by atoms with van der Waals surface area (Å²) in [4.78, 5) is 23.9. The monoisotopic (exact) mass is 265 g/mol. The Hall–Kier alpha value is -1.85. The Balaban J connectivity index is 3.01. The number of aromatic nitrogens is 2. The van der Waals surface area contributed by atoms with E-state index < -0.39 is 0 Å². The molecule has 6 heteroatoms. The van der Waals surface area contributed by atoms with Gasteiger partial charge in [0.05, 0.1) is 6.54 Å². The topological polar surface area (TPSA) is 75.4 Å². The lowest BCUT2D eigenvalue weighted by molar-refractivity contribution is -0.127. The first kappa shape index (κ1) is 15.2. The second kappa shape index (κ2) is 6.36. The van der Waals surface area contributed by atoms with Gasteiger partial charge in [0.15, 0.2) is 0 Å². The molecule has 1 aromatic rings. The summed E-state index contributed by atoms with van der Waals surface area (Å²) >= 11 is 0. The lowest BCUT2D eigenvalue weighted by atomic mass is 10.2. The zero-order chi connectivity index (χ0) is 14.6. The quantitative estimate of drug-likeness (QED) is 0.862. The van der Waals surface area contributed by atoms with Gasteiger partial charge in [0.25, 0.3) is 0 Å². The molecule has 1 rings (SSSR count). The number of nitrogens with two attached hydrogens (primary N) is 1. The Morgan fingerprint density at radius 2 is 2.00 bits per heavy atom. The van der Waals surface area contributed by atoms with Crippen molar-refractivity contribution in [3.05, 3.63) is 11.9 Å².